The van der Waals surface area contributed by atoms with Crippen LogP contribution < -0.4 is 14.9 Å². The molecule has 3 aromatic rings. The van der Waals surface area contributed by atoms with Gasteiger partial charge in [-0.15, -0.1) is 11.3 Å². The van der Waals surface area contributed by atoms with E-state index in [-0.39, 0.29) is 10.8 Å². The molecule has 0 saturated carbocycles. The van der Waals surface area contributed by atoms with Crippen molar-refractivity contribution in [2.75, 3.05) is 39.1 Å². The third-order valence-electron chi connectivity index (χ3n) is 4.46. The third-order valence-corrected chi connectivity index (χ3v) is 5.28. The van der Waals surface area contributed by atoms with E-state index in [0.29, 0.717) is 28.8 Å². The van der Waals surface area contributed by atoms with Crippen molar-refractivity contribution in [1.29, 1.82) is 0 Å². The number of hydrogen-bond acceptors (Lipinski definition) is 4. The van der Waals surface area contributed by atoms with Crippen LogP contribution in [0.4, 0.5) is 28.8 Å². The molecule has 1 aromatic carbocycles. The molecule has 0 atom stereocenters. The molecule has 32 heavy (non-hydrogen) atoms. The second kappa shape index (κ2) is 9.13. The van der Waals surface area contributed by atoms with Crippen LogP contribution in [-0.4, -0.2) is 54.9 Å². The predicted octanol–water partition coefficient (Wildman–Crippen LogP) is 3.91. The highest BCUT2D eigenvalue weighted by Gasteiger charge is 2.32. The largest absolute Gasteiger partial charge is 0.416 e. The topological polar surface area (TPSA) is 69.3 Å². The van der Waals surface area contributed by atoms with Crippen LogP contribution in [0.5, 0.6) is 0 Å². The van der Waals surface area contributed by atoms with Crippen LogP contribution in [0.15, 0.2) is 54.2 Å². The number of carbonyl (C=O) groups is 1. The number of nitrogens with zero attached hydrogens (tertiary/aromatic N) is 4. The summed E-state index contributed by atoms with van der Waals surface area (Å²) in [5.41, 5.74) is 0.255. The maximum Gasteiger partial charge on any atom is 0.416 e. The van der Waals surface area contributed by atoms with Gasteiger partial charge in [0.05, 0.1) is 56.7 Å². The molecule has 0 aliphatic rings. The van der Waals surface area contributed by atoms with Crippen LogP contribution in [0.3, 0.4) is 0 Å². The summed E-state index contributed by atoms with van der Waals surface area (Å²) in [6.45, 7) is 0.963. The fourth-order valence-electron chi connectivity index (χ4n) is 2.83. The lowest BCUT2D eigenvalue weighted by atomic mass is 10.2. The molecule has 0 aliphatic carbocycles. The minimum atomic E-state index is -4.55. The van der Waals surface area contributed by atoms with Crippen molar-refractivity contribution in [3.63, 3.8) is 0 Å². The number of urea groups is 1. The molecule has 2 N–H and O–H groups in total. The second-order valence-electron chi connectivity index (χ2n) is 8.12. The summed E-state index contributed by atoms with van der Waals surface area (Å²) >= 11 is 1.11. The quantitative estimate of drug-likeness (QED) is 0.328. The Bertz CT molecular complexity index is 1100. The SMILES string of the molecule is C[N+](C)(C)CCNC(=O)N(c1cccc(C(F)(F)F)c1)c1nc(-c2ccc[n+](O)c2)cs1. The molecule has 0 spiro atoms. The number of thiazole rings is 1. The van der Waals surface area contributed by atoms with Gasteiger partial charge in [-0.2, -0.15) is 13.2 Å². The van der Waals surface area contributed by atoms with E-state index in [1.54, 1.807) is 17.5 Å². The second-order valence-corrected chi connectivity index (χ2v) is 8.95. The highest BCUT2D eigenvalue weighted by molar-refractivity contribution is 7.14. The normalized spacial score (nSPS) is 11.9. The van der Waals surface area contributed by atoms with Gasteiger partial charge in [0, 0.05) is 16.2 Å². The van der Waals surface area contributed by atoms with Crippen molar-refractivity contribution >= 4 is 28.2 Å². The maximum atomic E-state index is 13.3. The lowest BCUT2D eigenvalue weighted by Gasteiger charge is -2.25. The van der Waals surface area contributed by atoms with Crippen molar-refractivity contribution in [1.82, 2.24) is 10.3 Å². The molecule has 11 heteroatoms. The van der Waals surface area contributed by atoms with Crippen molar-refractivity contribution < 1.29 is 32.4 Å². The number of nitrogens with one attached hydrogen (secondary N) is 1. The van der Waals surface area contributed by atoms with E-state index >= 15 is 0 Å². The molecule has 0 radical (unpaired) electrons. The summed E-state index contributed by atoms with van der Waals surface area (Å²) in [4.78, 5) is 18.6. The summed E-state index contributed by atoms with van der Waals surface area (Å²) < 4.78 is 41.3. The molecule has 0 bridgehead atoms. The number of aromatic nitrogens is 2. The number of benzene rings is 1. The lowest BCUT2D eigenvalue weighted by Crippen LogP contribution is -2.45. The van der Waals surface area contributed by atoms with Crippen molar-refractivity contribution in [3.8, 4) is 11.3 Å². The van der Waals surface area contributed by atoms with Gasteiger partial charge in [0.2, 0.25) is 12.4 Å². The molecule has 0 aliphatic heterocycles. The number of quaternary nitrogens is 1. The zero-order chi connectivity index (χ0) is 23.5. The number of alkyl halides is 3. The number of likely N-dealkylation sites (N-methyl/N-ethyl adjacent to an activating group) is 1. The molecule has 7 nitrogen and oxygen atoms in total. The van der Waals surface area contributed by atoms with Gasteiger partial charge >= 0.3 is 12.2 Å². The highest BCUT2D eigenvalue weighted by atomic mass is 32.1. The number of halogens is 3. The first kappa shape index (κ1) is 23.5. The fourth-order valence-corrected chi connectivity index (χ4v) is 3.68. The highest BCUT2D eigenvalue weighted by Crippen LogP contribution is 2.36. The molecular formula is C21H24F3N5O2S+2. The Morgan fingerprint density at radius 3 is 2.66 bits per heavy atom. The van der Waals surface area contributed by atoms with Gasteiger partial charge in [0.1, 0.15) is 0 Å². The van der Waals surface area contributed by atoms with Crippen LogP contribution in [0.1, 0.15) is 5.56 Å². The monoisotopic (exact) mass is 467 g/mol. The average molecular weight is 468 g/mol. The summed E-state index contributed by atoms with van der Waals surface area (Å²) in [5.74, 6) is 0. The van der Waals surface area contributed by atoms with Crippen LogP contribution >= 0.6 is 11.3 Å². The van der Waals surface area contributed by atoms with Crippen LogP contribution in [0.25, 0.3) is 11.3 Å². The summed E-state index contributed by atoms with van der Waals surface area (Å²) in [5, 5.41) is 14.3. The molecule has 0 unspecified atom stereocenters. The number of pyridine rings is 1. The van der Waals surface area contributed by atoms with Gasteiger partial charge in [-0.05, 0) is 24.3 Å². The Morgan fingerprint density at radius 1 is 1.25 bits per heavy atom. The maximum absolute atomic E-state index is 13.3. The lowest BCUT2D eigenvalue weighted by molar-refractivity contribution is -0.904. The smallest absolute Gasteiger partial charge is 0.332 e. The van der Waals surface area contributed by atoms with E-state index in [4.69, 9.17) is 0 Å². The van der Waals surface area contributed by atoms with Crippen molar-refractivity contribution in [2.24, 2.45) is 0 Å². The van der Waals surface area contributed by atoms with Crippen LogP contribution in [0.2, 0.25) is 0 Å². The van der Waals surface area contributed by atoms with E-state index in [0.717, 1.165) is 33.1 Å². The Morgan fingerprint density at radius 2 is 2.00 bits per heavy atom. The Hall–Kier alpha value is -3.18. The number of amides is 2. The molecule has 2 heterocycles. The first-order valence-corrected chi connectivity index (χ1v) is 10.5. The van der Waals surface area contributed by atoms with Crippen LogP contribution in [-0.2, 0) is 6.18 Å². The summed E-state index contributed by atoms with van der Waals surface area (Å²) in [7, 11) is 5.91. The van der Waals surface area contributed by atoms with Gasteiger partial charge in [-0.1, -0.05) is 6.07 Å². The van der Waals surface area contributed by atoms with E-state index in [9.17, 15) is 23.2 Å². The Kier molecular flexibility index (Phi) is 6.70. The number of carbonyl (C=O) groups excluding carboxylic acids is 1. The molecule has 2 aromatic heterocycles. The van der Waals surface area contributed by atoms with Crippen LogP contribution in [0, 0.1) is 0 Å². The van der Waals surface area contributed by atoms with Gasteiger partial charge in [0.25, 0.3) is 0 Å². The Labute approximate surface area is 187 Å². The first-order valence-electron chi connectivity index (χ1n) is 9.66. The van der Waals surface area contributed by atoms with Gasteiger partial charge in [0.15, 0.2) is 5.13 Å². The molecule has 3 rings (SSSR count). The summed E-state index contributed by atoms with van der Waals surface area (Å²) in [6, 6.07) is 7.32. The number of rotatable bonds is 6. The molecule has 2 amide bonds. The molecule has 170 valence electrons. The fraction of sp³-hybridized carbons (Fsp3) is 0.286. The molecule has 0 saturated heterocycles. The molecule has 0 fully saturated rings. The van der Waals surface area contributed by atoms with Gasteiger partial charge in [-0.3, -0.25) is 5.21 Å². The number of anilines is 2. The zero-order valence-electron chi connectivity index (χ0n) is 17.8. The van der Waals surface area contributed by atoms with Crippen molar-refractivity contribution in [3.05, 3.63) is 59.7 Å². The predicted molar refractivity (Wildman–Crippen MR) is 115 cm³/mol. The standard InChI is InChI=1S/C21H23F3N5O2S/c1-29(2,3)11-9-25-19(30)28(17-8-4-7-16(12-17)21(22,23)24)20-26-18(14-32-20)15-6-5-10-27(31)13-15/h4-8,10,12-14H,9,11H2,1-3H3,(H-,25,30,31)/q+1/p+1. The minimum absolute atomic E-state index is 0.0498. The van der Waals surface area contributed by atoms with E-state index in [1.807, 2.05) is 21.1 Å². The van der Waals surface area contributed by atoms with E-state index in [2.05, 4.69) is 10.3 Å². The average Bonchev–Trinajstić information content (AvgIpc) is 3.16. The van der Waals surface area contributed by atoms with Gasteiger partial charge < -0.3 is 9.80 Å². The van der Waals surface area contributed by atoms with E-state index < -0.39 is 17.8 Å². The van der Waals surface area contributed by atoms with Gasteiger partial charge in [-0.25, -0.2) is 14.7 Å². The van der Waals surface area contributed by atoms with Crippen molar-refractivity contribution in [2.45, 2.75) is 6.18 Å². The van der Waals surface area contributed by atoms with E-state index in [1.165, 1.54) is 24.5 Å². The third kappa shape index (κ3) is 5.95. The Balaban J connectivity index is 1.97. The minimum Gasteiger partial charge on any atom is -0.332 e. The zero-order valence-corrected chi connectivity index (χ0v) is 18.6. The first-order chi connectivity index (χ1) is 14.9. The molecular weight excluding hydrogens is 443 g/mol. The summed E-state index contributed by atoms with van der Waals surface area (Å²) in [6.07, 6.45) is -1.67. The number of hydrogen-bond donors (Lipinski definition) is 2.